The number of hydrogen-bond donors (Lipinski definition) is 0. The second kappa shape index (κ2) is 5.46. The molecular weight excluding hydrogens is 143 g/mol. The van der Waals surface area contributed by atoms with Crippen LogP contribution in [0.5, 0.6) is 0 Å². The predicted octanol–water partition coefficient (Wildman–Crippen LogP) is -0.135. The topological polar surface area (TPSA) is 17.1 Å². The van der Waals surface area contributed by atoms with Crippen molar-refractivity contribution in [1.29, 1.82) is 0 Å². The first-order chi connectivity index (χ1) is 2.27. The number of carbonyl (C=O) groups excluding carboxylic acids is 1. The van der Waals surface area contributed by atoms with E-state index in [0.717, 1.165) is 6.08 Å². The Labute approximate surface area is 55.7 Å². The predicted molar refractivity (Wildman–Crippen MR) is 21.0 cm³/mol. The minimum absolute atomic E-state index is 0. The summed E-state index contributed by atoms with van der Waals surface area (Å²) in [5, 5.41) is 0. The molecule has 1 nitrogen and oxygen atoms in total. The summed E-state index contributed by atoms with van der Waals surface area (Å²) in [5.41, 5.74) is 0. The van der Waals surface area contributed by atoms with Gasteiger partial charge < -0.3 is 0 Å². The quantitative estimate of drug-likeness (QED) is 0.371. The molecule has 0 saturated heterocycles. The van der Waals surface area contributed by atoms with Crippen LogP contribution in [-0.4, -0.2) is 22.0 Å². The van der Waals surface area contributed by atoms with Crippen LogP contribution in [0.25, 0.3) is 0 Å². The number of hydrogen-bond acceptors (Lipinski definition) is 1. The molecule has 0 heterocycles. The van der Waals surface area contributed by atoms with Crippen molar-refractivity contribution in [2.24, 2.45) is 0 Å². The first-order valence-corrected chi connectivity index (χ1v) is 1.52. The van der Waals surface area contributed by atoms with Crippen molar-refractivity contribution in [3.63, 3.8) is 0 Å². The van der Waals surface area contributed by atoms with E-state index in [1.807, 2.05) is 0 Å². The maximum atomic E-state index is 9.50. The molecule has 0 fully saturated rings. The summed E-state index contributed by atoms with van der Waals surface area (Å²) < 4.78 is -0.419. The Balaban J connectivity index is 0. The van der Waals surface area contributed by atoms with E-state index in [9.17, 15) is 4.79 Å². The van der Waals surface area contributed by atoms with Gasteiger partial charge in [0.05, 0.1) is 0 Å². The van der Waals surface area contributed by atoms with Crippen LogP contribution in [0.2, 0.25) is 0 Å². The van der Waals surface area contributed by atoms with Crippen LogP contribution in [0, 0.1) is 0 Å². The molecule has 0 rings (SSSR count). The van der Waals surface area contributed by atoms with Crippen LogP contribution in [0.3, 0.4) is 0 Å². The Hall–Kier alpha value is 0.462. The van der Waals surface area contributed by atoms with E-state index in [-0.39, 0.29) is 17.4 Å². The molecule has 0 N–H and O–H groups in total. The summed E-state index contributed by atoms with van der Waals surface area (Å²) in [6.07, 6.45) is 1.08. The maximum absolute atomic E-state index is 9.50. The average Bonchev–Trinajstić information content (AvgIpc) is 1.38. The molecule has 0 aliphatic heterocycles. The second-order valence-corrected chi connectivity index (χ2v) is 0.935. The van der Waals surface area contributed by atoms with Gasteiger partial charge in [-0.05, 0) is 0 Å². The molecule has 0 bridgehead atoms. The van der Waals surface area contributed by atoms with Crippen LogP contribution >= 0.6 is 0 Å². The molecule has 6 heavy (non-hydrogen) atoms. The minimum atomic E-state index is -0.419. The second-order valence-electron chi connectivity index (χ2n) is 0.471. The first kappa shape index (κ1) is 9.68. The van der Waals surface area contributed by atoms with Crippen LogP contribution in [0.4, 0.5) is 0 Å². The van der Waals surface area contributed by atoms with E-state index in [4.69, 9.17) is 0 Å². The van der Waals surface area contributed by atoms with E-state index in [2.05, 4.69) is 22.6 Å². The van der Waals surface area contributed by atoms with Gasteiger partial charge in [0.25, 0.3) is 0 Å². The first-order valence-electron chi connectivity index (χ1n) is 1.05. The van der Waals surface area contributed by atoms with Gasteiger partial charge in [-0.1, -0.05) is 0 Å². The standard InChI is InChI=1S/C3H3O.Al.Cu/c1-2-3-4;;/h2H,1H2;;. The van der Waals surface area contributed by atoms with Gasteiger partial charge >= 0.3 is 38.1 Å². The van der Waals surface area contributed by atoms with Gasteiger partial charge in [0, 0.05) is 17.4 Å². The fourth-order valence-corrected chi connectivity index (χ4v) is 0. The summed E-state index contributed by atoms with van der Waals surface area (Å²) in [6, 6.07) is 0. The van der Waals surface area contributed by atoms with Crippen LogP contribution in [0.1, 0.15) is 0 Å². The normalized spacial score (nSPS) is 5.67. The minimum Gasteiger partial charge on any atom is 0 e. The van der Waals surface area contributed by atoms with E-state index in [0.29, 0.717) is 0 Å². The third-order valence-electron chi connectivity index (χ3n) is 0.145. The molecule has 0 aromatic rings. The van der Waals surface area contributed by atoms with E-state index < -0.39 is 4.68 Å². The molecule has 0 unspecified atom stereocenters. The Morgan fingerprint density at radius 1 is 1.83 bits per heavy atom. The van der Waals surface area contributed by atoms with Crippen molar-refractivity contribution in [3.05, 3.63) is 12.7 Å². The Morgan fingerprint density at radius 3 is 2.00 bits per heavy atom. The maximum Gasteiger partial charge on any atom is 0 e. The zero-order chi connectivity index (χ0) is 4.28. The van der Waals surface area contributed by atoms with Gasteiger partial charge in [-0.25, -0.2) is 0 Å². The molecular formula is C3H3AlCuO. The van der Waals surface area contributed by atoms with Crippen LogP contribution in [0.15, 0.2) is 12.7 Å². The molecule has 0 aromatic heterocycles. The monoisotopic (exact) mass is 145 g/mol. The number of carbonyl (C=O) groups is 1. The van der Waals surface area contributed by atoms with Gasteiger partial charge in [-0.15, -0.1) is 0 Å². The summed E-state index contributed by atoms with van der Waals surface area (Å²) in [4.78, 5) is 9.50. The van der Waals surface area contributed by atoms with Gasteiger partial charge in [0.15, 0.2) is 0 Å². The molecule has 0 aliphatic rings. The zero-order valence-electron chi connectivity index (χ0n) is 3.07. The molecule has 0 atom stereocenters. The van der Waals surface area contributed by atoms with Gasteiger partial charge in [0.2, 0.25) is 0 Å². The van der Waals surface area contributed by atoms with Gasteiger partial charge in [-0.2, -0.15) is 0 Å². The van der Waals surface area contributed by atoms with Crippen molar-refractivity contribution < 1.29 is 20.8 Å². The summed E-state index contributed by atoms with van der Waals surface area (Å²) in [7, 11) is 0. The molecule has 0 spiro atoms. The number of rotatable bonds is 1. The summed E-state index contributed by atoms with van der Waals surface area (Å²) in [5.74, 6) is 0. The van der Waals surface area contributed by atoms with E-state index >= 15 is 0 Å². The van der Waals surface area contributed by atoms with Crippen molar-refractivity contribution in [2.75, 3.05) is 0 Å². The summed E-state index contributed by atoms with van der Waals surface area (Å²) >= 11 is 4.15. The van der Waals surface area contributed by atoms with Gasteiger partial charge in [0.1, 0.15) is 0 Å². The average molecular weight is 146 g/mol. The number of allylic oxidation sites excluding steroid dienone is 1. The van der Waals surface area contributed by atoms with Gasteiger partial charge in [-0.3, -0.25) is 0 Å². The van der Waals surface area contributed by atoms with E-state index in [1.165, 1.54) is 0 Å². The van der Waals surface area contributed by atoms with Crippen LogP contribution < -0.4 is 0 Å². The molecule has 0 aliphatic carbocycles. The van der Waals surface area contributed by atoms with Crippen molar-refractivity contribution in [2.45, 2.75) is 0 Å². The largest absolute Gasteiger partial charge is 0 e. The van der Waals surface area contributed by atoms with Crippen LogP contribution in [-0.2, 0) is 20.8 Å². The Morgan fingerprint density at radius 2 is 2.00 bits per heavy atom. The molecule has 3 radical (unpaired) electrons. The van der Waals surface area contributed by atoms with E-state index in [1.54, 1.807) is 0 Å². The van der Waals surface area contributed by atoms with Crippen molar-refractivity contribution >= 4 is 22.0 Å². The molecule has 3 heteroatoms. The third kappa shape index (κ3) is 8.82. The smallest absolute Gasteiger partial charge is 0 e. The zero-order valence-corrected chi connectivity index (χ0v) is 5.17. The van der Waals surface area contributed by atoms with Crippen molar-refractivity contribution in [1.82, 2.24) is 0 Å². The Kier molecular flexibility index (Phi) is 8.81. The van der Waals surface area contributed by atoms with Crippen molar-refractivity contribution in [3.8, 4) is 0 Å². The molecule has 0 amide bonds. The summed E-state index contributed by atoms with van der Waals surface area (Å²) in [6.45, 7) is 3.10. The SMILES string of the molecule is C=C[C](=O)[Cu].[Al]. The fourth-order valence-electron chi connectivity index (χ4n) is 0. The third-order valence-corrected chi connectivity index (χ3v) is 0.337. The Bertz CT molecular complexity index is 61.8. The molecule has 0 aromatic carbocycles. The molecule has 35 valence electrons. The fraction of sp³-hybridized carbons (Fsp3) is 0. The molecule has 0 saturated carbocycles.